The lowest BCUT2D eigenvalue weighted by Crippen LogP contribution is -2.52. The van der Waals surface area contributed by atoms with Crippen molar-refractivity contribution in [2.45, 2.75) is 19.5 Å². The lowest BCUT2D eigenvalue weighted by molar-refractivity contribution is 0.0656. The largest absolute Gasteiger partial charge is 0.333 e. The topological polar surface area (TPSA) is 50.2 Å². The third-order valence-corrected chi connectivity index (χ3v) is 3.87. The van der Waals surface area contributed by atoms with Crippen molar-refractivity contribution < 1.29 is 4.79 Å². The van der Waals surface area contributed by atoms with Gasteiger partial charge in [0.25, 0.3) is 5.91 Å². The van der Waals surface area contributed by atoms with Gasteiger partial charge in [-0.3, -0.25) is 9.48 Å². The molecule has 1 N–H and O–H groups in total. The molecule has 0 aliphatic carbocycles. The molecule has 2 heterocycles. The highest BCUT2D eigenvalue weighted by molar-refractivity contribution is 5.94. The Morgan fingerprint density at radius 3 is 2.65 bits per heavy atom. The van der Waals surface area contributed by atoms with Crippen LogP contribution in [0.4, 0.5) is 0 Å². The van der Waals surface area contributed by atoms with E-state index in [1.54, 1.807) is 6.20 Å². The van der Waals surface area contributed by atoms with Crippen LogP contribution in [0.1, 0.15) is 22.8 Å². The van der Waals surface area contributed by atoms with E-state index in [0.29, 0.717) is 0 Å². The number of halogens is 2. The minimum atomic E-state index is 0. The van der Waals surface area contributed by atoms with E-state index in [2.05, 4.69) is 17.3 Å². The van der Waals surface area contributed by atoms with Crippen LogP contribution >= 0.6 is 24.8 Å². The lowest BCUT2D eigenvalue weighted by atomic mass is 10.1. The smallest absolute Gasteiger partial charge is 0.254 e. The molecule has 7 heteroatoms. The molecule has 0 spiro atoms. The quantitative estimate of drug-likeness (QED) is 0.916. The molecule has 5 nitrogen and oxygen atoms in total. The second-order valence-electron chi connectivity index (χ2n) is 5.45. The number of nitrogens with one attached hydrogen (secondary N) is 1. The van der Waals surface area contributed by atoms with E-state index in [-0.39, 0.29) is 36.8 Å². The molecule has 1 saturated heterocycles. The van der Waals surface area contributed by atoms with E-state index in [1.165, 1.54) is 0 Å². The normalized spacial score (nSPS) is 17.1. The van der Waals surface area contributed by atoms with Crippen molar-refractivity contribution in [3.05, 3.63) is 53.9 Å². The summed E-state index contributed by atoms with van der Waals surface area (Å²) in [6.07, 6.45) is 3.70. The molecule has 1 amide bonds. The van der Waals surface area contributed by atoms with Crippen LogP contribution in [-0.4, -0.2) is 46.3 Å². The predicted molar refractivity (Wildman–Crippen MR) is 95.6 cm³/mol. The Labute approximate surface area is 148 Å². The van der Waals surface area contributed by atoms with Crippen molar-refractivity contribution in [2.24, 2.45) is 0 Å². The maximum atomic E-state index is 12.5. The number of rotatable bonds is 3. The number of piperazine rings is 1. The Morgan fingerprint density at radius 2 is 2.04 bits per heavy atom. The maximum absolute atomic E-state index is 12.5. The monoisotopic (exact) mass is 356 g/mol. The summed E-state index contributed by atoms with van der Waals surface area (Å²) in [4.78, 5) is 14.5. The molecule has 0 bridgehead atoms. The summed E-state index contributed by atoms with van der Waals surface area (Å²) in [6.45, 7) is 5.31. The summed E-state index contributed by atoms with van der Waals surface area (Å²) < 4.78 is 1.87. The SMILES string of the molecule is C[C@@H]1CNCCN1C(=O)c1ccc(Cn2cccn2)cc1.Cl.Cl. The van der Waals surface area contributed by atoms with E-state index in [1.807, 2.05) is 46.1 Å². The number of carbonyl (C=O) groups excluding carboxylic acids is 1. The number of hydrogen-bond acceptors (Lipinski definition) is 3. The van der Waals surface area contributed by atoms with Gasteiger partial charge in [0, 0.05) is 43.6 Å². The number of nitrogens with zero attached hydrogens (tertiary/aromatic N) is 3. The standard InChI is InChI=1S/C16H20N4O.2ClH/c1-13-11-17-8-10-20(13)16(21)15-5-3-14(4-6-15)12-19-9-2-7-18-19;;/h2-7,9,13,17H,8,10-12H2,1H3;2*1H/t13-;;/m1../s1. The molecule has 0 saturated carbocycles. The molecule has 23 heavy (non-hydrogen) atoms. The van der Waals surface area contributed by atoms with Gasteiger partial charge in [-0.2, -0.15) is 5.10 Å². The van der Waals surface area contributed by atoms with Crippen molar-refractivity contribution in [1.82, 2.24) is 20.0 Å². The van der Waals surface area contributed by atoms with Gasteiger partial charge in [0.1, 0.15) is 0 Å². The first-order valence-electron chi connectivity index (χ1n) is 7.32. The Bertz CT molecular complexity index is 601. The minimum Gasteiger partial charge on any atom is -0.333 e. The number of aromatic nitrogens is 2. The molecule has 1 aliphatic heterocycles. The summed E-state index contributed by atoms with van der Waals surface area (Å²) >= 11 is 0. The summed E-state index contributed by atoms with van der Waals surface area (Å²) in [5.74, 6) is 0.120. The summed E-state index contributed by atoms with van der Waals surface area (Å²) in [5, 5.41) is 7.49. The first kappa shape index (κ1) is 19.5. The zero-order valence-electron chi connectivity index (χ0n) is 13.0. The zero-order chi connectivity index (χ0) is 14.7. The molecule has 1 atom stereocenters. The molecular formula is C16H22Cl2N4O. The van der Waals surface area contributed by atoms with Crippen molar-refractivity contribution in [3.63, 3.8) is 0 Å². The number of carbonyl (C=O) groups is 1. The second-order valence-corrected chi connectivity index (χ2v) is 5.45. The molecule has 3 rings (SSSR count). The van der Waals surface area contributed by atoms with Crippen LogP contribution in [0.5, 0.6) is 0 Å². The second kappa shape index (κ2) is 8.91. The molecular weight excluding hydrogens is 335 g/mol. The number of hydrogen-bond donors (Lipinski definition) is 1. The van der Waals surface area contributed by atoms with Crippen LogP contribution in [0, 0.1) is 0 Å². The molecule has 1 aromatic carbocycles. The van der Waals surface area contributed by atoms with Gasteiger partial charge in [0.2, 0.25) is 0 Å². The highest BCUT2D eigenvalue weighted by atomic mass is 35.5. The molecule has 1 aliphatic rings. The van der Waals surface area contributed by atoms with Crippen molar-refractivity contribution in [3.8, 4) is 0 Å². The number of amides is 1. The third kappa shape index (κ3) is 4.70. The van der Waals surface area contributed by atoms with E-state index >= 15 is 0 Å². The van der Waals surface area contributed by atoms with Crippen molar-refractivity contribution in [2.75, 3.05) is 19.6 Å². The van der Waals surface area contributed by atoms with E-state index in [9.17, 15) is 4.79 Å². The van der Waals surface area contributed by atoms with Gasteiger partial charge in [-0.15, -0.1) is 24.8 Å². The summed E-state index contributed by atoms with van der Waals surface area (Å²) in [5.41, 5.74) is 1.90. The zero-order valence-corrected chi connectivity index (χ0v) is 14.6. The molecule has 1 aromatic heterocycles. The van der Waals surface area contributed by atoms with Crippen LogP contribution in [0.15, 0.2) is 42.7 Å². The minimum absolute atomic E-state index is 0. The first-order chi connectivity index (χ1) is 10.2. The average molecular weight is 357 g/mol. The predicted octanol–water partition coefficient (Wildman–Crippen LogP) is 2.21. The van der Waals surface area contributed by atoms with Crippen LogP contribution in [0.3, 0.4) is 0 Å². The van der Waals surface area contributed by atoms with Gasteiger partial charge >= 0.3 is 0 Å². The Hall–Kier alpha value is -1.56. The first-order valence-corrected chi connectivity index (χ1v) is 7.32. The van der Waals surface area contributed by atoms with Gasteiger partial charge in [0.05, 0.1) is 6.54 Å². The van der Waals surface area contributed by atoms with E-state index < -0.39 is 0 Å². The Kier molecular flexibility index (Phi) is 7.55. The van der Waals surface area contributed by atoms with Crippen molar-refractivity contribution >= 4 is 30.7 Å². The molecule has 0 radical (unpaired) electrons. The summed E-state index contributed by atoms with van der Waals surface area (Å²) in [7, 11) is 0. The molecule has 126 valence electrons. The van der Waals surface area contributed by atoms with Crippen LogP contribution in [-0.2, 0) is 6.54 Å². The van der Waals surface area contributed by atoms with Gasteiger partial charge in [0.15, 0.2) is 0 Å². The maximum Gasteiger partial charge on any atom is 0.254 e. The van der Waals surface area contributed by atoms with Gasteiger partial charge in [-0.25, -0.2) is 0 Å². The lowest BCUT2D eigenvalue weighted by Gasteiger charge is -2.34. The Morgan fingerprint density at radius 1 is 1.30 bits per heavy atom. The number of benzene rings is 1. The van der Waals surface area contributed by atoms with E-state index in [0.717, 1.165) is 37.3 Å². The molecule has 1 fully saturated rings. The fourth-order valence-corrected chi connectivity index (χ4v) is 2.64. The Balaban J connectivity index is 0.00000132. The highest BCUT2D eigenvalue weighted by Gasteiger charge is 2.23. The van der Waals surface area contributed by atoms with Gasteiger partial charge < -0.3 is 10.2 Å². The molecule has 0 unspecified atom stereocenters. The van der Waals surface area contributed by atoms with E-state index in [4.69, 9.17) is 0 Å². The van der Waals surface area contributed by atoms with Crippen LogP contribution in [0.25, 0.3) is 0 Å². The van der Waals surface area contributed by atoms with Gasteiger partial charge in [-0.05, 0) is 30.7 Å². The van der Waals surface area contributed by atoms with Gasteiger partial charge in [-0.1, -0.05) is 12.1 Å². The fraction of sp³-hybridized carbons (Fsp3) is 0.375. The highest BCUT2D eigenvalue weighted by Crippen LogP contribution is 2.12. The van der Waals surface area contributed by atoms with Crippen LogP contribution in [0.2, 0.25) is 0 Å². The summed E-state index contributed by atoms with van der Waals surface area (Å²) in [6, 6.07) is 9.98. The average Bonchev–Trinajstić information content (AvgIpc) is 3.01. The third-order valence-electron chi connectivity index (χ3n) is 3.87. The fourth-order valence-electron chi connectivity index (χ4n) is 2.64. The molecule has 2 aromatic rings. The van der Waals surface area contributed by atoms with Crippen molar-refractivity contribution in [1.29, 1.82) is 0 Å². The van der Waals surface area contributed by atoms with Crippen LogP contribution < -0.4 is 5.32 Å².